The fourth-order valence-electron chi connectivity index (χ4n) is 2.19. The van der Waals surface area contributed by atoms with Crippen LogP contribution in [0.2, 0.25) is 0 Å². The van der Waals surface area contributed by atoms with Crippen LogP contribution in [0.4, 0.5) is 5.69 Å². The van der Waals surface area contributed by atoms with Crippen molar-refractivity contribution in [1.82, 2.24) is 4.90 Å². The molecule has 1 aromatic carbocycles. The van der Waals surface area contributed by atoms with Gasteiger partial charge in [-0.25, -0.2) is 0 Å². The Balaban J connectivity index is 1.96. The Morgan fingerprint density at radius 3 is 3.06 bits per heavy atom. The Labute approximate surface area is 108 Å². The number of fused-ring (bicyclic) bond motifs is 1. The maximum Gasteiger partial charge on any atom is 0.248 e. The van der Waals surface area contributed by atoms with Crippen LogP contribution >= 0.6 is 0 Å². The molecule has 98 valence electrons. The number of nitrogens with two attached hydrogens (primary N) is 1. The molecule has 0 aliphatic carbocycles. The highest BCUT2D eigenvalue weighted by Crippen LogP contribution is 2.21. The first kappa shape index (κ1) is 12.9. The van der Waals surface area contributed by atoms with E-state index in [0.29, 0.717) is 13.2 Å². The second-order valence-corrected chi connectivity index (χ2v) is 4.65. The zero-order valence-electron chi connectivity index (χ0n) is 10.8. The van der Waals surface area contributed by atoms with Gasteiger partial charge in [0.2, 0.25) is 5.91 Å². The fourth-order valence-corrected chi connectivity index (χ4v) is 2.19. The van der Waals surface area contributed by atoms with Crippen molar-refractivity contribution in [2.45, 2.75) is 26.3 Å². The molecule has 1 aliphatic rings. The largest absolute Gasteiger partial charge is 0.399 e. The minimum Gasteiger partial charge on any atom is -0.399 e. The van der Waals surface area contributed by atoms with Gasteiger partial charge in [0.1, 0.15) is 6.61 Å². The fraction of sp³-hybridized carbons (Fsp3) is 0.500. The molecule has 1 aliphatic heterocycles. The van der Waals surface area contributed by atoms with E-state index in [0.717, 1.165) is 30.6 Å². The third-order valence-electron chi connectivity index (χ3n) is 3.17. The van der Waals surface area contributed by atoms with Crippen molar-refractivity contribution < 1.29 is 9.53 Å². The Hall–Kier alpha value is -1.55. The van der Waals surface area contributed by atoms with Gasteiger partial charge in [-0.3, -0.25) is 4.79 Å². The molecule has 0 radical (unpaired) electrons. The molecule has 0 spiro atoms. The Morgan fingerprint density at radius 2 is 2.28 bits per heavy atom. The van der Waals surface area contributed by atoms with Gasteiger partial charge in [0.05, 0.1) is 0 Å². The van der Waals surface area contributed by atoms with Gasteiger partial charge in [-0.05, 0) is 36.1 Å². The van der Waals surface area contributed by atoms with E-state index < -0.39 is 0 Å². The van der Waals surface area contributed by atoms with Crippen LogP contribution < -0.4 is 5.73 Å². The number of hydrogen-bond acceptors (Lipinski definition) is 3. The van der Waals surface area contributed by atoms with Gasteiger partial charge in [0.15, 0.2) is 0 Å². The van der Waals surface area contributed by atoms with E-state index in [1.165, 1.54) is 5.56 Å². The van der Waals surface area contributed by atoms with Gasteiger partial charge in [0.25, 0.3) is 0 Å². The molecule has 1 aromatic rings. The molecule has 0 unspecified atom stereocenters. The first-order valence-electron chi connectivity index (χ1n) is 6.43. The lowest BCUT2D eigenvalue weighted by Crippen LogP contribution is -2.38. The maximum atomic E-state index is 11.9. The summed E-state index contributed by atoms with van der Waals surface area (Å²) in [5, 5.41) is 0. The number of carbonyl (C=O) groups is 1. The quantitative estimate of drug-likeness (QED) is 0.650. The predicted octanol–water partition coefficient (Wildman–Crippen LogP) is 1.58. The topological polar surface area (TPSA) is 55.6 Å². The number of amides is 1. The number of ether oxygens (including phenoxy) is 1. The normalized spacial score (nSPS) is 14.4. The molecule has 2 rings (SSSR count). The predicted molar refractivity (Wildman–Crippen MR) is 71.1 cm³/mol. The van der Waals surface area contributed by atoms with E-state index in [9.17, 15) is 4.79 Å². The van der Waals surface area contributed by atoms with E-state index >= 15 is 0 Å². The lowest BCUT2D eigenvalue weighted by atomic mass is 9.99. The average Bonchev–Trinajstić information content (AvgIpc) is 2.38. The molecule has 0 saturated heterocycles. The number of carbonyl (C=O) groups excluding carboxylic acids is 1. The molecule has 1 amide bonds. The summed E-state index contributed by atoms with van der Waals surface area (Å²) in [4.78, 5) is 13.8. The van der Waals surface area contributed by atoms with Crippen LogP contribution in [0.1, 0.15) is 24.5 Å². The third-order valence-corrected chi connectivity index (χ3v) is 3.17. The van der Waals surface area contributed by atoms with Crippen molar-refractivity contribution in [3.63, 3.8) is 0 Å². The minimum atomic E-state index is 0.0662. The molecule has 1 heterocycles. The molecule has 0 atom stereocenters. The summed E-state index contributed by atoms with van der Waals surface area (Å²) in [6.45, 7) is 4.28. The summed E-state index contributed by atoms with van der Waals surface area (Å²) < 4.78 is 5.29. The SMILES string of the molecule is CCCOCC(=O)N1CCc2ccc(N)cc2C1. The highest BCUT2D eigenvalue weighted by atomic mass is 16.5. The molecule has 18 heavy (non-hydrogen) atoms. The molecular weight excluding hydrogens is 228 g/mol. The summed E-state index contributed by atoms with van der Waals surface area (Å²) in [6, 6.07) is 5.93. The summed E-state index contributed by atoms with van der Waals surface area (Å²) >= 11 is 0. The Morgan fingerprint density at radius 1 is 1.44 bits per heavy atom. The third kappa shape index (κ3) is 3.01. The summed E-state index contributed by atoms with van der Waals surface area (Å²) in [5.74, 6) is 0.0662. The second kappa shape index (κ2) is 5.87. The molecule has 4 nitrogen and oxygen atoms in total. The van der Waals surface area contributed by atoms with E-state index in [2.05, 4.69) is 6.07 Å². The Kier molecular flexibility index (Phi) is 4.20. The molecule has 4 heteroatoms. The van der Waals surface area contributed by atoms with Gasteiger partial charge in [-0.15, -0.1) is 0 Å². The molecule has 2 N–H and O–H groups in total. The monoisotopic (exact) mass is 248 g/mol. The first-order valence-corrected chi connectivity index (χ1v) is 6.43. The van der Waals surface area contributed by atoms with Gasteiger partial charge < -0.3 is 15.4 Å². The van der Waals surface area contributed by atoms with Crippen molar-refractivity contribution in [2.75, 3.05) is 25.5 Å². The van der Waals surface area contributed by atoms with Crippen molar-refractivity contribution in [1.29, 1.82) is 0 Å². The van der Waals surface area contributed by atoms with Crippen molar-refractivity contribution in [2.24, 2.45) is 0 Å². The zero-order chi connectivity index (χ0) is 13.0. The Bertz CT molecular complexity index is 432. The lowest BCUT2D eigenvalue weighted by Gasteiger charge is -2.29. The average molecular weight is 248 g/mol. The van der Waals surface area contributed by atoms with Crippen LogP contribution in [0.15, 0.2) is 18.2 Å². The molecule has 0 aromatic heterocycles. The number of nitrogens with zero attached hydrogens (tertiary/aromatic N) is 1. The van der Waals surface area contributed by atoms with Crippen LogP contribution in [0, 0.1) is 0 Å². The van der Waals surface area contributed by atoms with E-state index in [-0.39, 0.29) is 12.5 Å². The van der Waals surface area contributed by atoms with Crippen LogP contribution in [0.5, 0.6) is 0 Å². The lowest BCUT2D eigenvalue weighted by molar-refractivity contribution is -0.137. The van der Waals surface area contributed by atoms with Gasteiger partial charge in [0, 0.05) is 25.4 Å². The van der Waals surface area contributed by atoms with Crippen molar-refractivity contribution in [3.05, 3.63) is 29.3 Å². The maximum absolute atomic E-state index is 11.9. The molecule has 0 fully saturated rings. The van der Waals surface area contributed by atoms with E-state index in [4.69, 9.17) is 10.5 Å². The van der Waals surface area contributed by atoms with E-state index in [1.54, 1.807) is 0 Å². The van der Waals surface area contributed by atoms with Gasteiger partial charge in [-0.2, -0.15) is 0 Å². The van der Waals surface area contributed by atoms with Crippen LogP contribution in [-0.2, 0) is 22.5 Å². The number of nitrogen functional groups attached to an aromatic ring is 1. The summed E-state index contributed by atoms with van der Waals surface area (Å²) in [7, 11) is 0. The standard InChI is InChI=1S/C14H20N2O2/c1-2-7-18-10-14(17)16-6-5-11-3-4-13(15)8-12(11)9-16/h3-4,8H,2,5-7,9-10,15H2,1H3. The number of anilines is 1. The highest BCUT2D eigenvalue weighted by Gasteiger charge is 2.20. The van der Waals surface area contributed by atoms with Crippen LogP contribution in [0.25, 0.3) is 0 Å². The van der Waals surface area contributed by atoms with E-state index in [1.807, 2.05) is 24.0 Å². The minimum absolute atomic E-state index is 0.0662. The molecular formula is C14H20N2O2. The zero-order valence-corrected chi connectivity index (χ0v) is 10.8. The van der Waals surface area contributed by atoms with Crippen molar-refractivity contribution >= 4 is 11.6 Å². The number of rotatable bonds is 4. The van der Waals surface area contributed by atoms with Gasteiger partial charge >= 0.3 is 0 Å². The number of hydrogen-bond donors (Lipinski definition) is 1. The van der Waals surface area contributed by atoms with Crippen LogP contribution in [0.3, 0.4) is 0 Å². The second-order valence-electron chi connectivity index (χ2n) is 4.65. The highest BCUT2D eigenvalue weighted by molar-refractivity contribution is 5.77. The van der Waals surface area contributed by atoms with Crippen molar-refractivity contribution in [3.8, 4) is 0 Å². The first-order chi connectivity index (χ1) is 8.70. The van der Waals surface area contributed by atoms with Gasteiger partial charge in [-0.1, -0.05) is 13.0 Å². The molecule has 0 bridgehead atoms. The smallest absolute Gasteiger partial charge is 0.248 e. The number of benzene rings is 1. The summed E-state index contributed by atoms with van der Waals surface area (Å²) in [5.41, 5.74) is 8.98. The summed E-state index contributed by atoms with van der Waals surface area (Å²) in [6.07, 6.45) is 1.84. The van der Waals surface area contributed by atoms with Crippen LogP contribution in [-0.4, -0.2) is 30.6 Å². The molecule has 0 saturated carbocycles.